The number of pyridine rings is 1. The lowest BCUT2D eigenvalue weighted by Crippen LogP contribution is -2.45. The summed E-state index contributed by atoms with van der Waals surface area (Å²) in [4.78, 5) is 7.01. The second kappa shape index (κ2) is 6.87. The van der Waals surface area contributed by atoms with Gasteiger partial charge in [0, 0.05) is 12.6 Å². The van der Waals surface area contributed by atoms with Gasteiger partial charge in [0.15, 0.2) is 0 Å². The van der Waals surface area contributed by atoms with Crippen molar-refractivity contribution in [2.24, 2.45) is 0 Å². The number of morpholine rings is 1. The molecular weight excluding hydrogens is 238 g/mol. The SMILES string of the molecule is CCNC(C)c1ccc(N2CCOCC2CC)cn1. The van der Waals surface area contributed by atoms with Crippen LogP contribution >= 0.6 is 0 Å². The first-order valence-corrected chi connectivity index (χ1v) is 7.30. The maximum absolute atomic E-state index is 5.55. The van der Waals surface area contributed by atoms with Crippen LogP contribution in [-0.4, -0.2) is 37.3 Å². The van der Waals surface area contributed by atoms with Gasteiger partial charge in [-0.3, -0.25) is 4.98 Å². The highest BCUT2D eigenvalue weighted by Gasteiger charge is 2.21. The Hall–Kier alpha value is -1.13. The predicted octanol–water partition coefficient (Wildman–Crippen LogP) is 2.37. The number of nitrogens with one attached hydrogen (secondary N) is 1. The third-order valence-electron chi connectivity index (χ3n) is 3.76. The Morgan fingerprint density at radius 2 is 2.32 bits per heavy atom. The fourth-order valence-electron chi connectivity index (χ4n) is 2.57. The molecule has 1 N–H and O–H groups in total. The van der Waals surface area contributed by atoms with Gasteiger partial charge >= 0.3 is 0 Å². The number of hydrogen-bond acceptors (Lipinski definition) is 4. The molecule has 1 aliphatic rings. The molecule has 0 spiro atoms. The molecule has 1 aliphatic heterocycles. The van der Waals surface area contributed by atoms with Crippen LogP contribution in [0.25, 0.3) is 0 Å². The summed E-state index contributed by atoms with van der Waals surface area (Å²) >= 11 is 0. The van der Waals surface area contributed by atoms with E-state index >= 15 is 0 Å². The number of hydrogen-bond donors (Lipinski definition) is 1. The zero-order valence-corrected chi connectivity index (χ0v) is 12.2. The summed E-state index contributed by atoms with van der Waals surface area (Å²) < 4.78 is 5.55. The fourth-order valence-corrected chi connectivity index (χ4v) is 2.57. The van der Waals surface area contributed by atoms with E-state index in [0.29, 0.717) is 12.1 Å². The monoisotopic (exact) mass is 263 g/mol. The van der Waals surface area contributed by atoms with E-state index in [0.717, 1.165) is 38.4 Å². The van der Waals surface area contributed by atoms with Crippen molar-refractivity contribution in [2.45, 2.75) is 39.3 Å². The van der Waals surface area contributed by atoms with Gasteiger partial charge in [-0.15, -0.1) is 0 Å². The summed E-state index contributed by atoms with van der Waals surface area (Å²) in [5.41, 5.74) is 2.31. The molecule has 0 amide bonds. The molecule has 2 heterocycles. The molecule has 2 unspecified atom stereocenters. The lowest BCUT2D eigenvalue weighted by atomic mass is 10.1. The van der Waals surface area contributed by atoms with E-state index in [1.54, 1.807) is 0 Å². The Labute approximate surface area is 116 Å². The normalized spacial score (nSPS) is 21.4. The molecule has 0 aromatic carbocycles. The van der Waals surface area contributed by atoms with Gasteiger partial charge < -0.3 is 15.0 Å². The molecule has 0 radical (unpaired) electrons. The van der Waals surface area contributed by atoms with Gasteiger partial charge in [0.25, 0.3) is 0 Å². The molecule has 4 heteroatoms. The second-order valence-corrected chi connectivity index (χ2v) is 5.05. The van der Waals surface area contributed by atoms with Crippen molar-refractivity contribution in [1.82, 2.24) is 10.3 Å². The van der Waals surface area contributed by atoms with E-state index in [1.807, 2.05) is 6.20 Å². The molecule has 0 bridgehead atoms. The van der Waals surface area contributed by atoms with Crippen LogP contribution in [0.3, 0.4) is 0 Å². The number of anilines is 1. The standard InChI is InChI=1S/C15H25N3O/c1-4-13-11-19-9-8-18(13)14-6-7-15(17-10-14)12(3)16-5-2/h6-7,10,12-13,16H,4-5,8-9,11H2,1-3H3. The number of nitrogens with zero attached hydrogens (tertiary/aromatic N) is 2. The molecule has 2 atom stereocenters. The van der Waals surface area contributed by atoms with Gasteiger partial charge in [-0.05, 0) is 32.0 Å². The van der Waals surface area contributed by atoms with Crippen molar-refractivity contribution in [3.05, 3.63) is 24.0 Å². The first-order valence-electron chi connectivity index (χ1n) is 7.30. The van der Waals surface area contributed by atoms with Crippen molar-refractivity contribution in [3.63, 3.8) is 0 Å². The smallest absolute Gasteiger partial charge is 0.0670 e. The minimum atomic E-state index is 0.311. The average Bonchev–Trinajstić information content (AvgIpc) is 2.47. The van der Waals surface area contributed by atoms with Crippen LogP contribution in [0.2, 0.25) is 0 Å². The Morgan fingerprint density at radius 1 is 1.47 bits per heavy atom. The van der Waals surface area contributed by atoms with E-state index in [1.165, 1.54) is 5.69 Å². The number of rotatable bonds is 5. The highest BCUT2D eigenvalue weighted by molar-refractivity contribution is 5.46. The minimum absolute atomic E-state index is 0.311. The van der Waals surface area contributed by atoms with Crippen LogP contribution in [-0.2, 0) is 4.74 Å². The van der Waals surface area contributed by atoms with E-state index in [-0.39, 0.29) is 0 Å². The first-order chi connectivity index (χ1) is 9.26. The summed E-state index contributed by atoms with van der Waals surface area (Å²) in [7, 11) is 0. The predicted molar refractivity (Wildman–Crippen MR) is 78.6 cm³/mol. The summed E-state index contributed by atoms with van der Waals surface area (Å²) in [5, 5.41) is 3.38. The van der Waals surface area contributed by atoms with Crippen LogP contribution in [0.15, 0.2) is 18.3 Å². The van der Waals surface area contributed by atoms with E-state index < -0.39 is 0 Å². The van der Waals surface area contributed by atoms with Crippen molar-refractivity contribution in [2.75, 3.05) is 31.2 Å². The zero-order chi connectivity index (χ0) is 13.7. The summed E-state index contributed by atoms with van der Waals surface area (Å²) in [6, 6.07) is 5.10. The molecule has 19 heavy (non-hydrogen) atoms. The molecule has 1 aromatic rings. The van der Waals surface area contributed by atoms with Crippen LogP contribution in [0.1, 0.15) is 38.9 Å². The number of aromatic nitrogens is 1. The zero-order valence-electron chi connectivity index (χ0n) is 12.2. The Morgan fingerprint density at radius 3 is 2.95 bits per heavy atom. The summed E-state index contributed by atoms with van der Waals surface area (Å²) in [6.45, 7) is 10.0. The molecular formula is C15H25N3O. The lowest BCUT2D eigenvalue weighted by Gasteiger charge is -2.36. The van der Waals surface area contributed by atoms with Crippen molar-refractivity contribution in [1.29, 1.82) is 0 Å². The van der Waals surface area contributed by atoms with Gasteiger partial charge in [-0.25, -0.2) is 0 Å². The summed E-state index contributed by atoms with van der Waals surface area (Å²) in [6.07, 6.45) is 3.10. The van der Waals surface area contributed by atoms with E-state index in [4.69, 9.17) is 4.74 Å². The molecule has 2 rings (SSSR count). The Balaban J connectivity index is 2.08. The fraction of sp³-hybridized carbons (Fsp3) is 0.667. The van der Waals surface area contributed by atoms with Crippen molar-refractivity contribution in [3.8, 4) is 0 Å². The van der Waals surface area contributed by atoms with E-state index in [2.05, 4.69) is 48.1 Å². The average molecular weight is 263 g/mol. The second-order valence-electron chi connectivity index (χ2n) is 5.05. The highest BCUT2D eigenvalue weighted by atomic mass is 16.5. The molecule has 4 nitrogen and oxygen atoms in total. The van der Waals surface area contributed by atoms with Gasteiger partial charge in [-0.1, -0.05) is 13.8 Å². The van der Waals surface area contributed by atoms with E-state index in [9.17, 15) is 0 Å². The topological polar surface area (TPSA) is 37.4 Å². The van der Waals surface area contributed by atoms with Crippen molar-refractivity contribution < 1.29 is 4.74 Å². The van der Waals surface area contributed by atoms with Gasteiger partial charge in [0.2, 0.25) is 0 Å². The molecule has 1 fully saturated rings. The molecule has 0 saturated carbocycles. The molecule has 106 valence electrons. The van der Waals surface area contributed by atoms with Crippen LogP contribution in [0.5, 0.6) is 0 Å². The van der Waals surface area contributed by atoms with Crippen LogP contribution < -0.4 is 10.2 Å². The van der Waals surface area contributed by atoms with Gasteiger partial charge in [0.1, 0.15) is 0 Å². The van der Waals surface area contributed by atoms with Crippen LogP contribution in [0, 0.1) is 0 Å². The number of ether oxygens (including phenoxy) is 1. The third-order valence-corrected chi connectivity index (χ3v) is 3.76. The first kappa shape index (κ1) is 14.3. The third kappa shape index (κ3) is 3.45. The highest BCUT2D eigenvalue weighted by Crippen LogP contribution is 2.22. The minimum Gasteiger partial charge on any atom is -0.377 e. The largest absolute Gasteiger partial charge is 0.377 e. The molecule has 0 aliphatic carbocycles. The van der Waals surface area contributed by atoms with Gasteiger partial charge in [0.05, 0.1) is 36.8 Å². The van der Waals surface area contributed by atoms with Crippen molar-refractivity contribution >= 4 is 5.69 Å². The van der Waals surface area contributed by atoms with Crippen LogP contribution in [0.4, 0.5) is 5.69 Å². The summed E-state index contributed by atoms with van der Waals surface area (Å²) in [5.74, 6) is 0. The lowest BCUT2D eigenvalue weighted by molar-refractivity contribution is 0.0929. The maximum Gasteiger partial charge on any atom is 0.0670 e. The molecule has 1 aromatic heterocycles. The Kier molecular flexibility index (Phi) is 5.16. The maximum atomic E-state index is 5.55. The molecule has 1 saturated heterocycles. The quantitative estimate of drug-likeness (QED) is 0.885. The Bertz CT molecular complexity index is 379. The van der Waals surface area contributed by atoms with Gasteiger partial charge in [-0.2, -0.15) is 0 Å².